The molecule has 2 N–H and O–H groups in total. The summed E-state index contributed by atoms with van der Waals surface area (Å²) in [4.78, 5) is 19.5. The van der Waals surface area contributed by atoms with Gasteiger partial charge in [0.05, 0.1) is 11.0 Å². The monoisotopic (exact) mass is 297 g/mol. The number of benzene rings is 2. The molecule has 1 aromatic heterocycles. The third kappa shape index (κ3) is 3.25. The van der Waals surface area contributed by atoms with Crippen molar-refractivity contribution < 1.29 is 4.79 Å². The zero-order chi connectivity index (χ0) is 14.7. The Kier molecular flexibility index (Phi) is 3.92. The summed E-state index contributed by atoms with van der Waals surface area (Å²) < 4.78 is 0. The fourth-order valence-corrected chi connectivity index (χ4v) is 2.68. The highest BCUT2D eigenvalue weighted by molar-refractivity contribution is 8.13. The van der Waals surface area contributed by atoms with Crippen molar-refractivity contribution >= 4 is 33.7 Å². The Labute approximate surface area is 127 Å². The minimum atomic E-state index is -0.154. The van der Waals surface area contributed by atoms with Gasteiger partial charge >= 0.3 is 0 Å². The topological polar surface area (TPSA) is 57.8 Å². The van der Waals surface area contributed by atoms with Gasteiger partial charge in [-0.1, -0.05) is 31.2 Å². The van der Waals surface area contributed by atoms with E-state index in [2.05, 4.69) is 22.2 Å². The highest BCUT2D eigenvalue weighted by atomic mass is 32.2. The van der Waals surface area contributed by atoms with Crippen LogP contribution in [0.4, 0.5) is 10.5 Å². The number of rotatable bonds is 3. The maximum absolute atomic E-state index is 12.0. The molecule has 0 saturated carbocycles. The molecule has 0 aliphatic rings. The molecule has 1 amide bonds. The number of aryl methyl sites for hydroxylation is 1. The predicted molar refractivity (Wildman–Crippen MR) is 86.8 cm³/mol. The Balaban J connectivity index is 1.67. The smallest absolute Gasteiger partial charge is 0.291 e. The van der Waals surface area contributed by atoms with Crippen LogP contribution < -0.4 is 5.32 Å². The molecule has 0 bridgehead atoms. The van der Waals surface area contributed by atoms with Gasteiger partial charge in [-0.2, -0.15) is 0 Å². The molecule has 1 heterocycles. The Morgan fingerprint density at radius 1 is 1.19 bits per heavy atom. The minimum Gasteiger partial charge on any atom is -0.332 e. The van der Waals surface area contributed by atoms with Crippen LogP contribution >= 0.6 is 11.8 Å². The first-order valence-corrected chi connectivity index (χ1v) is 7.59. The van der Waals surface area contributed by atoms with Crippen LogP contribution in [0.5, 0.6) is 0 Å². The Hall–Kier alpha value is -2.27. The molecule has 0 spiro atoms. The second-order valence-corrected chi connectivity index (χ2v) is 5.59. The zero-order valence-corrected chi connectivity index (χ0v) is 12.4. The minimum absolute atomic E-state index is 0.154. The number of para-hydroxylation sites is 2. The lowest BCUT2D eigenvalue weighted by molar-refractivity contribution is 0.269. The van der Waals surface area contributed by atoms with Crippen molar-refractivity contribution in [2.24, 2.45) is 0 Å². The zero-order valence-electron chi connectivity index (χ0n) is 11.6. The molecule has 0 atom stereocenters. The van der Waals surface area contributed by atoms with Crippen LogP contribution in [0, 0.1) is 0 Å². The Morgan fingerprint density at radius 3 is 2.67 bits per heavy atom. The van der Waals surface area contributed by atoms with Crippen molar-refractivity contribution in [2.75, 3.05) is 5.32 Å². The standard InChI is InChI=1S/C16H15N3OS/c1-2-11-7-9-12(10-8-11)17-16(20)21-15-18-13-5-3-4-6-14(13)19-15/h3-10H,2H2,1H3,(H,17,20)(H,18,19). The molecule has 0 radical (unpaired) electrons. The average molecular weight is 297 g/mol. The summed E-state index contributed by atoms with van der Waals surface area (Å²) in [5.74, 6) is 0. The number of amides is 1. The number of aromatic amines is 1. The van der Waals surface area contributed by atoms with Crippen molar-refractivity contribution in [3.8, 4) is 0 Å². The number of nitrogens with one attached hydrogen (secondary N) is 2. The second kappa shape index (κ2) is 6.01. The van der Waals surface area contributed by atoms with Crippen LogP contribution in [0.3, 0.4) is 0 Å². The lowest BCUT2D eigenvalue weighted by atomic mass is 10.1. The molecule has 0 fully saturated rings. The van der Waals surface area contributed by atoms with E-state index < -0.39 is 0 Å². The normalized spacial score (nSPS) is 10.7. The van der Waals surface area contributed by atoms with Gasteiger partial charge in [-0.3, -0.25) is 4.79 Å². The van der Waals surface area contributed by atoms with Crippen LogP contribution in [0.25, 0.3) is 11.0 Å². The van der Waals surface area contributed by atoms with Gasteiger partial charge < -0.3 is 10.3 Å². The van der Waals surface area contributed by atoms with E-state index in [0.717, 1.165) is 34.9 Å². The van der Waals surface area contributed by atoms with Gasteiger partial charge in [0.2, 0.25) is 0 Å². The molecule has 106 valence electrons. The number of anilines is 1. The fourth-order valence-electron chi connectivity index (χ4n) is 2.03. The number of thioether (sulfide) groups is 1. The Bertz CT molecular complexity index is 732. The van der Waals surface area contributed by atoms with E-state index in [0.29, 0.717) is 5.16 Å². The Morgan fingerprint density at radius 2 is 1.95 bits per heavy atom. The van der Waals surface area contributed by atoms with Crippen LogP contribution in [-0.4, -0.2) is 15.2 Å². The number of carbonyl (C=O) groups excluding carboxylic acids is 1. The van der Waals surface area contributed by atoms with E-state index in [1.807, 2.05) is 48.5 Å². The van der Waals surface area contributed by atoms with Gasteiger partial charge in [-0.25, -0.2) is 4.98 Å². The van der Waals surface area contributed by atoms with Gasteiger partial charge in [0.15, 0.2) is 5.16 Å². The molecule has 3 rings (SSSR count). The predicted octanol–water partition coefficient (Wildman–Crippen LogP) is 4.45. The second-order valence-electron chi connectivity index (χ2n) is 4.62. The molecular weight excluding hydrogens is 282 g/mol. The molecule has 0 aliphatic heterocycles. The van der Waals surface area contributed by atoms with Crippen molar-refractivity contribution in [1.82, 2.24) is 9.97 Å². The van der Waals surface area contributed by atoms with Crippen molar-refractivity contribution in [3.05, 3.63) is 54.1 Å². The fraction of sp³-hybridized carbons (Fsp3) is 0.125. The van der Waals surface area contributed by atoms with Crippen LogP contribution in [0.2, 0.25) is 0 Å². The molecule has 0 saturated heterocycles. The molecule has 0 aliphatic carbocycles. The molecule has 4 nitrogen and oxygen atoms in total. The number of imidazole rings is 1. The van der Waals surface area contributed by atoms with Gasteiger partial charge in [-0.05, 0) is 36.2 Å². The number of nitrogens with zero attached hydrogens (tertiary/aromatic N) is 1. The number of hydrogen-bond acceptors (Lipinski definition) is 3. The maximum atomic E-state index is 12.0. The highest BCUT2D eigenvalue weighted by Crippen LogP contribution is 2.21. The van der Waals surface area contributed by atoms with Crippen LogP contribution in [0.15, 0.2) is 53.7 Å². The SMILES string of the molecule is CCc1ccc(NC(=O)Sc2nc3ccccc3[nH]2)cc1. The molecule has 3 aromatic rings. The van der Waals surface area contributed by atoms with Crippen molar-refractivity contribution in [2.45, 2.75) is 18.5 Å². The summed E-state index contributed by atoms with van der Waals surface area (Å²) in [6.45, 7) is 2.10. The number of fused-ring (bicyclic) bond motifs is 1. The first kappa shape index (κ1) is 13.7. The molecule has 21 heavy (non-hydrogen) atoms. The highest BCUT2D eigenvalue weighted by Gasteiger charge is 2.09. The average Bonchev–Trinajstić information content (AvgIpc) is 2.90. The van der Waals surface area contributed by atoms with E-state index in [1.165, 1.54) is 5.56 Å². The lowest BCUT2D eigenvalue weighted by Gasteiger charge is -2.04. The van der Waals surface area contributed by atoms with E-state index in [9.17, 15) is 4.79 Å². The molecule has 0 unspecified atom stereocenters. The first-order chi connectivity index (χ1) is 10.2. The van der Waals surface area contributed by atoms with Crippen molar-refractivity contribution in [1.29, 1.82) is 0 Å². The lowest BCUT2D eigenvalue weighted by Crippen LogP contribution is -2.04. The van der Waals surface area contributed by atoms with E-state index in [1.54, 1.807) is 0 Å². The molecular formula is C16H15N3OS. The quantitative estimate of drug-likeness (QED) is 0.702. The number of hydrogen-bond donors (Lipinski definition) is 2. The van der Waals surface area contributed by atoms with E-state index in [4.69, 9.17) is 0 Å². The number of carbonyl (C=O) groups is 1. The number of H-pyrrole nitrogens is 1. The van der Waals surface area contributed by atoms with Gasteiger partial charge in [-0.15, -0.1) is 0 Å². The summed E-state index contributed by atoms with van der Waals surface area (Å²) in [5.41, 5.74) is 3.83. The third-order valence-electron chi connectivity index (χ3n) is 3.17. The summed E-state index contributed by atoms with van der Waals surface area (Å²) >= 11 is 1.06. The van der Waals surface area contributed by atoms with Gasteiger partial charge in [0, 0.05) is 17.4 Å². The van der Waals surface area contributed by atoms with Gasteiger partial charge in [0.25, 0.3) is 5.24 Å². The maximum Gasteiger partial charge on any atom is 0.291 e. The molecule has 2 aromatic carbocycles. The van der Waals surface area contributed by atoms with Gasteiger partial charge in [0.1, 0.15) is 0 Å². The first-order valence-electron chi connectivity index (χ1n) is 6.77. The number of aromatic nitrogens is 2. The largest absolute Gasteiger partial charge is 0.332 e. The van der Waals surface area contributed by atoms with E-state index >= 15 is 0 Å². The summed E-state index contributed by atoms with van der Waals surface area (Å²) in [7, 11) is 0. The van der Waals surface area contributed by atoms with Crippen LogP contribution in [0.1, 0.15) is 12.5 Å². The summed E-state index contributed by atoms with van der Waals surface area (Å²) in [6.07, 6.45) is 0.988. The van der Waals surface area contributed by atoms with Crippen LogP contribution in [-0.2, 0) is 6.42 Å². The molecule has 5 heteroatoms. The summed E-state index contributed by atoms with van der Waals surface area (Å²) in [6, 6.07) is 15.6. The summed E-state index contributed by atoms with van der Waals surface area (Å²) in [5, 5.41) is 3.29. The van der Waals surface area contributed by atoms with E-state index in [-0.39, 0.29) is 5.24 Å². The third-order valence-corrected chi connectivity index (χ3v) is 3.84. The van der Waals surface area contributed by atoms with Crippen molar-refractivity contribution in [3.63, 3.8) is 0 Å².